The molecule has 7 heteroatoms. The molecule has 1 heterocycles. The van der Waals surface area contributed by atoms with Gasteiger partial charge in [0.2, 0.25) is 0 Å². The van der Waals surface area contributed by atoms with Gasteiger partial charge in [0.1, 0.15) is 0 Å². The molecule has 1 aliphatic rings. The lowest BCUT2D eigenvalue weighted by molar-refractivity contribution is -0.385. The fourth-order valence-corrected chi connectivity index (χ4v) is 2.51. The van der Waals surface area contributed by atoms with Crippen molar-refractivity contribution in [3.05, 3.63) is 69.4 Å². The fraction of sp³-hybridized carbons (Fsp3) is 0.176. The Balaban J connectivity index is 2.63. The van der Waals surface area contributed by atoms with E-state index >= 15 is 0 Å². The van der Waals surface area contributed by atoms with Gasteiger partial charge in [-0.05, 0) is 19.1 Å². The fourth-order valence-electron chi connectivity index (χ4n) is 2.51. The minimum Gasteiger partial charge on any atom is -0.465 e. The maximum atomic E-state index is 12.6. The number of para-hydroxylation sites is 1. The summed E-state index contributed by atoms with van der Waals surface area (Å²) in [5.41, 5.74) is 0.678. The normalized spacial score (nSPS) is 15.8. The first-order valence-corrected chi connectivity index (χ1v) is 7.09. The predicted octanol–water partition coefficient (Wildman–Crippen LogP) is 2.45. The summed E-state index contributed by atoms with van der Waals surface area (Å²) in [6, 6.07) is 6.00. The molecule has 24 heavy (non-hydrogen) atoms. The maximum Gasteiger partial charge on any atom is 0.340 e. The molecule has 2 rings (SSSR count). The zero-order valence-electron chi connectivity index (χ0n) is 13.3. The number of hydrogen-bond acceptors (Lipinski definition) is 5. The Morgan fingerprint density at radius 1 is 1.42 bits per heavy atom. The molecule has 0 spiro atoms. The van der Waals surface area contributed by atoms with Gasteiger partial charge in [-0.25, -0.2) is 4.79 Å². The van der Waals surface area contributed by atoms with E-state index in [0.717, 1.165) is 0 Å². The van der Waals surface area contributed by atoms with Crippen molar-refractivity contribution in [1.29, 1.82) is 0 Å². The van der Waals surface area contributed by atoms with Gasteiger partial charge in [-0.1, -0.05) is 18.2 Å². The molecule has 0 saturated carbocycles. The lowest BCUT2D eigenvalue weighted by atomic mass is 10.0. The van der Waals surface area contributed by atoms with E-state index in [2.05, 4.69) is 6.58 Å². The van der Waals surface area contributed by atoms with Crippen LogP contribution < -0.4 is 0 Å². The molecule has 1 aromatic rings. The van der Waals surface area contributed by atoms with Crippen LogP contribution in [-0.4, -0.2) is 35.4 Å². The van der Waals surface area contributed by atoms with Crippen LogP contribution in [0.3, 0.4) is 0 Å². The first-order chi connectivity index (χ1) is 11.4. The quantitative estimate of drug-likeness (QED) is 0.272. The van der Waals surface area contributed by atoms with Gasteiger partial charge < -0.3 is 9.64 Å². The van der Waals surface area contributed by atoms with Crippen LogP contribution in [0.15, 0.2) is 53.8 Å². The minimum atomic E-state index is -0.669. The van der Waals surface area contributed by atoms with E-state index < -0.39 is 16.8 Å². The second kappa shape index (κ2) is 6.91. The van der Waals surface area contributed by atoms with Crippen LogP contribution in [0.1, 0.15) is 12.5 Å². The number of rotatable bonds is 5. The number of ether oxygens (including phenoxy) is 1. The largest absolute Gasteiger partial charge is 0.465 e. The van der Waals surface area contributed by atoms with Crippen molar-refractivity contribution in [3.8, 4) is 0 Å². The molecule has 0 bridgehead atoms. The SMILES string of the molecule is C=CCN1C(=O)/C(=C\c2ccccc2[N+](=O)[O-])C(C(=O)OC)=C1C. The molecule has 1 aliphatic heterocycles. The van der Waals surface area contributed by atoms with Gasteiger partial charge in [0, 0.05) is 18.3 Å². The number of allylic oxidation sites excluding steroid dienone is 1. The first-order valence-electron chi connectivity index (χ1n) is 7.09. The molecule has 0 atom stereocenters. The summed E-state index contributed by atoms with van der Waals surface area (Å²) in [6.07, 6.45) is 2.88. The van der Waals surface area contributed by atoms with Crippen LogP contribution in [-0.2, 0) is 14.3 Å². The van der Waals surface area contributed by atoms with Gasteiger partial charge in [-0.2, -0.15) is 0 Å². The Bertz CT molecular complexity index is 792. The molecule has 1 aromatic carbocycles. The molecular weight excluding hydrogens is 312 g/mol. The number of nitro benzene ring substituents is 1. The summed E-state index contributed by atoms with van der Waals surface area (Å²) in [5.74, 6) is -1.09. The summed E-state index contributed by atoms with van der Waals surface area (Å²) < 4.78 is 4.75. The Kier molecular flexibility index (Phi) is 4.93. The number of carbonyl (C=O) groups is 2. The molecule has 0 saturated heterocycles. The van der Waals surface area contributed by atoms with Crippen LogP contribution in [0.25, 0.3) is 6.08 Å². The van der Waals surface area contributed by atoms with E-state index in [1.165, 1.54) is 42.4 Å². The third kappa shape index (κ3) is 2.96. The number of nitrogens with zero attached hydrogens (tertiary/aromatic N) is 2. The van der Waals surface area contributed by atoms with E-state index in [9.17, 15) is 19.7 Å². The topological polar surface area (TPSA) is 89.8 Å². The second-order valence-electron chi connectivity index (χ2n) is 5.03. The van der Waals surface area contributed by atoms with E-state index in [0.29, 0.717) is 5.70 Å². The number of hydrogen-bond donors (Lipinski definition) is 0. The van der Waals surface area contributed by atoms with Crippen LogP contribution in [0, 0.1) is 10.1 Å². The van der Waals surface area contributed by atoms with Crippen molar-refractivity contribution < 1.29 is 19.2 Å². The van der Waals surface area contributed by atoms with Crippen molar-refractivity contribution in [3.63, 3.8) is 0 Å². The van der Waals surface area contributed by atoms with Gasteiger partial charge in [-0.3, -0.25) is 14.9 Å². The molecule has 0 radical (unpaired) electrons. The predicted molar refractivity (Wildman–Crippen MR) is 87.7 cm³/mol. The average molecular weight is 328 g/mol. The van der Waals surface area contributed by atoms with Gasteiger partial charge >= 0.3 is 5.97 Å². The van der Waals surface area contributed by atoms with E-state index in [-0.39, 0.29) is 28.9 Å². The molecule has 1 amide bonds. The summed E-state index contributed by atoms with van der Waals surface area (Å²) >= 11 is 0. The second-order valence-corrected chi connectivity index (χ2v) is 5.03. The Morgan fingerprint density at radius 2 is 2.08 bits per heavy atom. The summed E-state index contributed by atoms with van der Waals surface area (Å²) in [6.45, 7) is 5.43. The highest BCUT2D eigenvalue weighted by Crippen LogP contribution is 2.33. The van der Waals surface area contributed by atoms with Crippen LogP contribution in [0.4, 0.5) is 5.69 Å². The zero-order valence-corrected chi connectivity index (χ0v) is 13.3. The van der Waals surface area contributed by atoms with Gasteiger partial charge in [0.25, 0.3) is 11.6 Å². The van der Waals surface area contributed by atoms with E-state index in [1.54, 1.807) is 13.0 Å². The zero-order chi connectivity index (χ0) is 17.9. The summed E-state index contributed by atoms with van der Waals surface area (Å²) in [4.78, 5) is 36.7. The molecule has 0 fully saturated rings. The number of amides is 1. The van der Waals surface area contributed by atoms with Crippen LogP contribution in [0.5, 0.6) is 0 Å². The van der Waals surface area contributed by atoms with Gasteiger partial charge in [-0.15, -0.1) is 6.58 Å². The van der Waals surface area contributed by atoms with Crippen molar-refractivity contribution in [2.24, 2.45) is 0 Å². The minimum absolute atomic E-state index is 0.0653. The molecule has 7 nitrogen and oxygen atoms in total. The third-order valence-electron chi connectivity index (χ3n) is 3.65. The number of esters is 1. The van der Waals surface area contributed by atoms with Crippen molar-refractivity contribution in [2.75, 3.05) is 13.7 Å². The van der Waals surface area contributed by atoms with Gasteiger partial charge in [0.05, 0.1) is 28.7 Å². The Hall–Kier alpha value is -3.22. The van der Waals surface area contributed by atoms with E-state index in [4.69, 9.17) is 4.74 Å². The van der Waals surface area contributed by atoms with Crippen LogP contribution >= 0.6 is 0 Å². The molecular formula is C17H16N2O5. The van der Waals surface area contributed by atoms with Crippen molar-refractivity contribution in [1.82, 2.24) is 4.90 Å². The highest BCUT2D eigenvalue weighted by Gasteiger charge is 2.36. The van der Waals surface area contributed by atoms with Crippen molar-refractivity contribution in [2.45, 2.75) is 6.92 Å². The smallest absolute Gasteiger partial charge is 0.340 e. The van der Waals surface area contributed by atoms with Gasteiger partial charge in [0.15, 0.2) is 0 Å². The number of benzene rings is 1. The highest BCUT2D eigenvalue weighted by atomic mass is 16.6. The first kappa shape index (κ1) is 17.1. The summed E-state index contributed by atoms with van der Waals surface area (Å²) in [5, 5.41) is 11.1. The van der Waals surface area contributed by atoms with Crippen LogP contribution in [0.2, 0.25) is 0 Å². The molecule has 0 unspecified atom stereocenters. The van der Waals surface area contributed by atoms with Crippen molar-refractivity contribution >= 4 is 23.6 Å². The molecule has 0 aliphatic carbocycles. The monoisotopic (exact) mass is 328 g/mol. The van der Waals surface area contributed by atoms with E-state index in [1.807, 2.05) is 0 Å². The third-order valence-corrected chi connectivity index (χ3v) is 3.65. The highest BCUT2D eigenvalue weighted by molar-refractivity contribution is 6.16. The number of methoxy groups -OCH3 is 1. The maximum absolute atomic E-state index is 12.6. The lowest BCUT2D eigenvalue weighted by Crippen LogP contribution is -2.25. The number of nitro groups is 1. The Labute approximate surface area is 138 Å². The standard InChI is InChI=1S/C17H16N2O5/c1-4-9-18-11(2)15(17(21)24-3)13(16(18)20)10-12-7-5-6-8-14(12)19(22)23/h4-8,10H,1,9H2,2-3H3/b13-10-. The average Bonchev–Trinajstić information content (AvgIpc) is 2.79. The number of carbonyl (C=O) groups excluding carboxylic acids is 2. The summed E-state index contributed by atoms with van der Waals surface area (Å²) in [7, 11) is 1.21. The molecule has 0 N–H and O–H groups in total. The molecule has 124 valence electrons. The Morgan fingerprint density at radius 3 is 2.67 bits per heavy atom. The lowest BCUT2D eigenvalue weighted by Gasteiger charge is -2.14. The molecule has 0 aromatic heterocycles.